The van der Waals surface area contributed by atoms with Gasteiger partial charge in [-0.25, -0.2) is 0 Å². The van der Waals surface area contributed by atoms with Gasteiger partial charge in [0.15, 0.2) is 0 Å². The van der Waals surface area contributed by atoms with Crippen molar-refractivity contribution >= 4 is 15.9 Å². The molecule has 2 aliphatic rings. The molecule has 1 N–H and O–H groups in total. The van der Waals surface area contributed by atoms with E-state index < -0.39 is 0 Å². The molecule has 16 heavy (non-hydrogen) atoms. The third-order valence-electron chi connectivity index (χ3n) is 3.79. The van der Waals surface area contributed by atoms with E-state index >= 15 is 0 Å². The molecule has 2 nitrogen and oxygen atoms in total. The maximum absolute atomic E-state index is 10.2. The number of fused-ring (bicyclic) bond motifs is 1. The van der Waals surface area contributed by atoms with Gasteiger partial charge in [-0.05, 0) is 43.1 Å². The average Bonchev–Trinajstić information content (AvgIpc) is 2.85. The molecule has 1 aliphatic heterocycles. The van der Waals surface area contributed by atoms with Crippen LogP contribution in [0.15, 0.2) is 22.7 Å². The number of hydrogen-bond acceptors (Lipinski definition) is 2. The van der Waals surface area contributed by atoms with Crippen molar-refractivity contribution < 1.29 is 5.11 Å². The Morgan fingerprint density at radius 1 is 1.25 bits per heavy atom. The maximum Gasteiger partial charge on any atom is 0.0777 e. The molecular weight excluding hydrogens is 266 g/mol. The van der Waals surface area contributed by atoms with Gasteiger partial charge in [-0.3, -0.25) is 4.90 Å². The number of hydrogen-bond donors (Lipinski definition) is 1. The highest BCUT2D eigenvalue weighted by molar-refractivity contribution is 9.10. The Labute approximate surface area is 104 Å². The quantitative estimate of drug-likeness (QED) is 0.855. The first-order chi connectivity index (χ1) is 7.77. The lowest BCUT2D eigenvalue weighted by molar-refractivity contribution is 0.0753. The van der Waals surface area contributed by atoms with Gasteiger partial charge in [0, 0.05) is 10.9 Å². The number of likely N-dealkylation sites (tertiary alicyclic amines) is 1. The summed E-state index contributed by atoms with van der Waals surface area (Å²) in [7, 11) is 0. The summed E-state index contributed by atoms with van der Waals surface area (Å²) in [6, 6.07) is 6.54. The zero-order chi connectivity index (χ0) is 11.1. The van der Waals surface area contributed by atoms with Crippen molar-refractivity contribution in [2.75, 3.05) is 13.1 Å². The molecule has 0 aromatic heterocycles. The molecule has 1 aromatic rings. The molecule has 3 rings (SSSR count). The molecule has 1 saturated heterocycles. The summed E-state index contributed by atoms with van der Waals surface area (Å²) in [6.07, 6.45) is 3.10. The Bertz CT molecular complexity index is 401. The minimum atomic E-state index is -0.230. The summed E-state index contributed by atoms with van der Waals surface area (Å²) >= 11 is 3.58. The van der Waals surface area contributed by atoms with Gasteiger partial charge in [0.25, 0.3) is 0 Å². The summed E-state index contributed by atoms with van der Waals surface area (Å²) in [5.74, 6) is 0. The van der Waals surface area contributed by atoms with Crippen molar-refractivity contribution in [2.24, 2.45) is 0 Å². The number of nitrogens with zero attached hydrogens (tertiary/aromatic N) is 1. The molecule has 86 valence electrons. The highest BCUT2D eigenvalue weighted by atomic mass is 79.9. The third-order valence-corrected chi connectivity index (χ3v) is 4.53. The van der Waals surface area contributed by atoms with Gasteiger partial charge in [0.05, 0.1) is 12.1 Å². The molecule has 0 spiro atoms. The summed E-state index contributed by atoms with van der Waals surface area (Å²) in [5, 5.41) is 10.2. The minimum absolute atomic E-state index is 0.230. The molecule has 3 heteroatoms. The third kappa shape index (κ3) is 1.62. The van der Waals surface area contributed by atoms with Gasteiger partial charge in [-0.15, -0.1) is 0 Å². The van der Waals surface area contributed by atoms with Crippen molar-refractivity contribution in [2.45, 2.75) is 31.4 Å². The summed E-state index contributed by atoms with van der Waals surface area (Å²) in [4.78, 5) is 2.43. The predicted octanol–water partition coefficient (Wildman–Crippen LogP) is 2.50. The van der Waals surface area contributed by atoms with Gasteiger partial charge < -0.3 is 5.11 Å². The van der Waals surface area contributed by atoms with Crippen molar-refractivity contribution in [1.82, 2.24) is 4.90 Å². The van der Waals surface area contributed by atoms with Gasteiger partial charge >= 0.3 is 0 Å². The number of benzene rings is 1. The first-order valence-corrected chi connectivity index (χ1v) is 6.76. The zero-order valence-corrected chi connectivity index (χ0v) is 10.8. The smallest absolute Gasteiger partial charge is 0.0777 e. The second-order valence-electron chi connectivity index (χ2n) is 4.77. The molecule has 0 amide bonds. The van der Waals surface area contributed by atoms with Gasteiger partial charge in [-0.2, -0.15) is 0 Å². The summed E-state index contributed by atoms with van der Waals surface area (Å²) in [6.45, 7) is 2.27. The first kappa shape index (κ1) is 10.8. The van der Waals surface area contributed by atoms with E-state index in [-0.39, 0.29) is 12.1 Å². The Balaban J connectivity index is 1.99. The fraction of sp³-hybridized carbons (Fsp3) is 0.538. The zero-order valence-electron chi connectivity index (χ0n) is 9.19. The molecule has 1 fully saturated rings. The molecule has 0 unspecified atom stereocenters. The topological polar surface area (TPSA) is 23.5 Å². The predicted molar refractivity (Wildman–Crippen MR) is 67.4 cm³/mol. The lowest BCUT2D eigenvalue weighted by Crippen LogP contribution is -2.31. The molecule has 1 aromatic carbocycles. The standard InChI is InChI=1S/C13H16BrNO/c14-11-5-3-4-9-10(11)8-12(16)13(9)15-6-1-2-7-15/h3-5,12-13,16H,1-2,6-8H2/t12-,13-/m1/s1. The van der Waals surface area contributed by atoms with Crippen LogP contribution >= 0.6 is 15.9 Å². The van der Waals surface area contributed by atoms with Crippen LogP contribution in [-0.2, 0) is 6.42 Å². The van der Waals surface area contributed by atoms with Crippen molar-refractivity contribution in [3.05, 3.63) is 33.8 Å². The van der Waals surface area contributed by atoms with Gasteiger partial charge in [-0.1, -0.05) is 28.1 Å². The second kappa shape index (κ2) is 4.13. The average molecular weight is 282 g/mol. The Hall–Kier alpha value is -0.380. The maximum atomic E-state index is 10.2. The highest BCUT2D eigenvalue weighted by Gasteiger charge is 2.37. The van der Waals surface area contributed by atoms with E-state index in [1.165, 1.54) is 24.0 Å². The largest absolute Gasteiger partial charge is 0.391 e. The van der Waals surface area contributed by atoms with Crippen molar-refractivity contribution in [3.8, 4) is 0 Å². The van der Waals surface area contributed by atoms with E-state index in [4.69, 9.17) is 0 Å². The van der Waals surface area contributed by atoms with Crippen LogP contribution < -0.4 is 0 Å². The molecular formula is C13H16BrNO. The van der Waals surface area contributed by atoms with Crippen LogP contribution in [-0.4, -0.2) is 29.2 Å². The summed E-state index contributed by atoms with van der Waals surface area (Å²) < 4.78 is 1.14. The Kier molecular flexibility index (Phi) is 2.78. The number of halogens is 1. The van der Waals surface area contributed by atoms with Crippen LogP contribution in [0.1, 0.15) is 30.0 Å². The normalized spacial score (nSPS) is 29.6. The van der Waals surface area contributed by atoms with Crippen molar-refractivity contribution in [3.63, 3.8) is 0 Å². The fourth-order valence-corrected chi connectivity index (χ4v) is 3.60. The minimum Gasteiger partial charge on any atom is -0.391 e. The van der Waals surface area contributed by atoms with E-state index in [1.54, 1.807) is 0 Å². The first-order valence-electron chi connectivity index (χ1n) is 5.97. The number of aliphatic hydroxyl groups is 1. The van der Waals surface area contributed by atoms with Crippen LogP contribution in [0.4, 0.5) is 0 Å². The van der Waals surface area contributed by atoms with E-state index in [1.807, 2.05) is 0 Å². The molecule has 0 saturated carbocycles. The van der Waals surface area contributed by atoms with Crippen molar-refractivity contribution in [1.29, 1.82) is 0 Å². The van der Waals surface area contributed by atoms with E-state index in [0.717, 1.165) is 24.0 Å². The molecule has 0 radical (unpaired) electrons. The molecule has 2 atom stereocenters. The highest BCUT2D eigenvalue weighted by Crippen LogP contribution is 2.40. The van der Waals surface area contributed by atoms with Gasteiger partial charge in [0.2, 0.25) is 0 Å². The molecule has 0 bridgehead atoms. The second-order valence-corrected chi connectivity index (χ2v) is 5.62. The Morgan fingerprint density at radius 3 is 2.75 bits per heavy atom. The van der Waals surface area contributed by atoms with E-state index in [0.29, 0.717) is 0 Å². The van der Waals surface area contributed by atoms with Crippen LogP contribution in [0, 0.1) is 0 Å². The molecule has 1 heterocycles. The number of aliphatic hydroxyl groups excluding tert-OH is 1. The van der Waals surface area contributed by atoms with Crippen LogP contribution in [0.3, 0.4) is 0 Å². The monoisotopic (exact) mass is 281 g/mol. The summed E-state index contributed by atoms with van der Waals surface area (Å²) in [5.41, 5.74) is 2.62. The van der Waals surface area contributed by atoms with Crippen LogP contribution in [0.25, 0.3) is 0 Å². The Morgan fingerprint density at radius 2 is 2.00 bits per heavy atom. The lowest BCUT2D eigenvalue weighted by Gasteiger charge is -2.27. The number of rotatable bonds is 1. The van der Waals surface area contributed by atoms with Gasteiger partial charge in [0.1, 0.15) is 0 Å². The van der Waals surface area contributed by atoms with Crippen LogP contribution in [0.5, 0.6) is 0 Å². The van der Waals surface area contributed by atoms with Crippen LogP contribution in [0.2, 0.25) is 0 Å². The SMILES string of the molecule is O[C@@H]1Cc2c(Br)cccc2[C@H]1N1CCCC1. The van der Waals surface area contributed by atoms with E-state index in [9.17, 15) is 5.11 Å². The van der Waals surface area contributed by atoms with E-state index in [2.05, 4.69) is 39.0 Å². The lowest BCUT2D eigenvalue weighted by atomic mass is 10.1. The fourth-order valence-electron chi connectivity index (χ4n) is 3.06. The molecule has 1 aliphatic carbocycles.